The maximum absolute atomic E-state index is 13.7. The quantitative estimate of drug-likeness (QED) is 0.645. The second kappa shape index (κ2) is 7.91. The van der Waals surface area contributed by atoms with Gasteiger partial charge in [-0.3, -0.25) is 9.59 Å². The van der Waals surface area contributed by atoms with Gasteiger partial charge in [0.05, 0.1) is 18.1 Å². The van der Waals surface area contributed by atoms with Crippen LogP contribution in [-0.4, -0.2) is 86.8 Å². The lowest BCUT2D eigenvalue weighted by atomic mass is 10.2. The number of benzene rings is 1. The minimum absolute atomic E-state index is 0.0555. The second-order valence-corrected chi connectivity index (χ2v) is 8.45. The van der Waals surface area contributed by atoms with E-state index in [0.29, 0.717) is 31.9 Å². The van der Waals surface area contributed by atoms with Gasteiger partial charge in [-0.25, -0.2) is 12.8 Å². The molecule has 0 radical (unpaired) electrons. The van der Waals surface area contributed by atoms with E-state index in [1.165, 1.54) is 26.2 Å². The van der Waals surface area contributed by atoms with Crippen LogP contribution in [0.25, 0.3) is 0 Å². The molecule has 0 spiro atoms. The molecule has 8 nitrogen and oxygen atoms in total. The largest absolute Gasteiger partial charge is 0.378 e. The number of piperazine rings is 1. The van der Waals surface area contributed by atoms with Gasteiger partial charge in [0, 0.05) is 39.3 Å². The Bertz CT molecular complexity index is 831. The van der Waals surface area contributed by atoms with Crippen molar-refractivity contribution in [2.45, 2.75) is 11.8 Å². The summed E-state index contributed by atoms with van der Waals surface area (Å²) in [7, 11) is -3.85. The van der Waals surface area contributed by atoms with Crippen LogP contribution in [0.4, 0.5) is 4.39 Å². The van der Waals surface area contributed by atoms with E-state index in [9.17, 15) is 22.4 Å². The Labute approximate surface area is 157 Å². The van der Waals surface area contributed by atoms with E-state index < -0.39 is 27.7 Å². The standard InChI is InChI=1S/C17H22FN3O5S/c1-13-2-3-14(12-15(13)18)27(24,25)21-6-4-19(5-7-21)16(22)17(23)20-8-10-26-11-9-20/h2-3,12H,4-11H2,1H3. The SMILES string of the molecule is Cc1ccc(S(=O)(=O)N2CCN(C(=O)C(=O)N3CCOCC3)CC2)cc1F. The molecule has 0 bridgehead atoms. The molecular weight excluding hydrogens is 377 g/mol. The van der Waals surface area contributed by atoms with E-state index in [-0.39, 0.29) is 31.1 Å². The fraction of sp³-hybridized carbons (Fsp3) is 0.529. The third-order valence-electron chi connectivity index (χ3n) is 4.79. The van der Waals surface area contributed by atoms with Crippen LogP contribution in [0.15, 0.2) is 23.1 Å². The van der Waals surface area contributed by atoms with Crippen LogP contribution in [0.3, 0.4) is 0 Å². The van der Waals surface area contributed by atoms with Gasteiger partial charge >= 0.3 is 11.8 Å². The molecule has 0 atom stereocenters. The van der Waals surface area contributed by atoms with Crippen LogP contribution in [0.2, 0.25) is 0 Å². The fourth-order valence-electron chi connectivity index (χ4n) is 3.05. The monoisotopic (exact) mass is 399 g/mol. The molecule has 0 unspecified atom stereocenters. The van der Waals surface area contributed by atoms with Crippen LogP contribution in [0, 0.1) is 12.7 Å². The third kappa shape index (κ3) is 4.12. The van der Waals surface area contributed by atoms with Gasteiger partial charge in [-0.05, 0) is 24.6 Å². The first-order valence-electron chi connectivity index (χ1n) is 8.73. The summed E-state index contributed by atoms with van der Waals surface area (Å²) >= 11 is 0. The van der Waals surface area contributed by atoms with Crippen LogP contribution >= 0.6 is 0 Å². The minimum atomic E-state index is -3.85. The molecule has 0 saturated carbocycles. The number of sulfonamides is 1. The molecule has 1 aromatic rings. The molecule has 1 aromatic carbocycles. The number of carbonyl (C=O) groups excluding carboxylic acids is 2. The normalized spacial score (nSPS) is 19.2. The maximum Gasteiger partial charge on any atom is 0.312 e. The minimum Gasteiger partial charge on any atom is -0.378 e. The number of carbonyl (C=O) groups is 2. The highest BCUT2D eigenvalue weighted by Crippen LogP contribution is 2.20. The van der Waals surface area contributed by atoms with Gasteiger partial charge in [-0.2, -0.15) is 4.31 Å². The maximum atomic E-state index is 13.7. The molecule has 2 fully saturated rings. The molecule has 2 heterocycles. The molecule has 2 aliphatic rings. The summed E-state index contributed by atoms with van der Waals surface area (Å²) in [6.07, 6.45) is 0. The second-order valence-electron chi connectivity index (χ2n) is 6.51. The number of aryl methyl sites for hydroxylation is 1. The Morgan fingerprint density at radius 2 is 1.52 bits per heavy atom. The first kappa shape index (κ1) is 19.7. The molecule has 2 aliphatic heterocycles. The van der Waals surface area contributed by atoms with E-state index in [2.05, 4.69) is 0 Å². The fourth-order valence-corrected chi connectivity index (χ4v) is 4.49. The van der Waals surface area contributed by atoms with Crippen LogP contribution in [-0.2, 0) is 24.3 Å². The van der Waals surface area contributed by atoms with E-state index in [4.69, 9.17) is 4.74 Å². The number of rotatable bonds is 2. The molecule has 27 heavy (non-hydrogen) atoms. The lowest BCUT2D eigenvalue weighted by Gasteiger charge is -2.35. The Kier molecular flexibility index (Phi) is 5.78. The average molecular weight is 399 g/mol. The van der Waals surface area contributed by atoms with E-state index >= 15 is 0 Å². The lowest BCUT2D eigenvalue weighted by Crippen LogP contribution is -2.55. The summed E-state index contributed by atoms with van der Waals surface area (Å²) in [4.78, 5) is 27.3. The van der Waals surface area contributed by atoms with Crippen molar-refractivity contribution in [3.05, 3.63) is 29.6 Å². The highest BCUT2D eigenvalue weighted by Gasteiger charge is 2.34. The van der Waals surface area contributed by atoms with Gasteiger partial charge < -0.3 is 14.5 Å². The van der Waals surface area contributed by atoms with Crippen LogP contribution in [0.5, 0.6) is 0 Å². The Morgan fingerprint density at radius 1 is 0.963 bits per heavy atom. The molecule has 2 saturated heterocycles. The summed E-state index contributed by atoms with van der Waals surface area (Å²) in [5.41, 5.74) is 0.367. The number of halogens is 1. The molecule has 10 heteroatoms. The first-order chi connectivity index (χ1) is 12.8. The smallest absolute Gasteiger partial charge is 0.312 e. The third-order valence-corrected chi connectivity index (χ3v) is 6.68. The van der Waals surface area contributed by atoms with Gasteiger partial charge in [-0.15, -0.1) is 0 Å². The van der Waals surface area contributed by atoms with Crippen molar-refractivity contribution in [2.24, 2.45) is 0 Å². The van der Waals surface area contributed by atoms with Crippen molar-refractivity contribution in [3.63, 3.8) is 0 Å². The molecular formula is C17H22FN3O5S. The summed E-state index contributed by atoms with van der Waals surface area (Å²) in [6.45, 7) is 3.44. The Hall–Kier alpha value is -2.04. The average Bonchev–Trinajstić information content (AvgIpc) is 2.69. The van der Waals surface area contributed by atoms with E-state index in [0.717, 1.165) is 6.07 Å². The topological polar surface area (TPSA) is 87.2 Å². The molecule has 148 valence electrons. The summed E-state index contributed by atoms with van der Waals surface area (Å²) in [5, 5.41) is 0. The zero-order valence-electron chi connectivity index (χ0n) is 15.1. The van der Waals surface area contributed by atoms with Crippen LogP contribution < -0.4 is 0 Å². The van der Waals surface area contributed by atoms with Gasteiger partial charge in [0.2, 0.25) is 10.0 Å². The molecule has 0 aromatic heterocycles. The van der Waals surface area contributed by atoms with Gasteiger partial charge in [-0.1, -0.05) is 6.07 Å². The van der Waals surface area contributed by atoms with Crippen molar-refractivity contribution >= 4 is 21.8 Å². The number of morpholine rings is 1. The highest BCUT2D eigenvalue weighted by atomic mass is 32.2. The van der Waals surface area contributed by atoms with Gasteiger partial charge in [0.1, 0.15) is 5.82 Å². The molecule has 3 rings (SSSR count). The summed E-state index contributed by atoms with van der Waals surface area (Å²) < 4.78 is 45.4. The predicted molar refractivity (Wildman–Crippen MR) is 93.9 cm³/mol. The summed E-state index contributed by atoms with van der Waals surface area (Å²) in [5.74, 6) is -1.80. The zero-order valence-corrected chi connectivity index (χ0v) is 15.9. The lowest BCUT2D eigenvalue weighted by molar-refractivity contribution is -0.154. The van der Waals surface area contributed by atoms with Crippen molar-refractivity contribution in [1.82, 2.24) is 14.1 Å². The number of amides is 2. The highest BCUT2D eigenvalue weighted by molar-refractivity contribution is 7.89. The predicted octanol–water partition coefficient (Wildman–Crippen LogP) is -0.174. The van der Waals surface area contributed by atoms with E-state index in [1.807, 2.05) is 0 Å². The Balaban J connectivity index is 1.63. The number of ether oxygens (including phenoxy) is 1. The molecule has 0 aliphatic carbocycles. The first-order valence-corrected chi connectivity index (χ1v) is 10.2. The van der Waals surface area contributed by atoms with Crippen molar-refractivity contribution < 1.29 is 27.1 Å². The molecule has 2 amide bonds. The number of nitrogens with zero attached hydrogens (tertiary/aromatic N) is 3. The molecule has 0 N–H and O–H groups in total. The van der Waals surface area contributed by atoms with Crippen molar-refractivity contribution in [1.29, 1.82) is 0 Å². The van der Waals surface area contributed by atoms with Gasteiger partial charge in [0.15, 0.2) is 0 Å². The van der Waals surface area contributed by atoms with Crippen molar-refractivity contribution in [2.75, 3.05) is 52.5 Å². The van der Waals surface area contributed by atoms with E-state index in [1.54, 1.807) is 6.92 Å². The number of hydrogen-bond donors (Lipinski definition) is 0. The summed E-state index contributed by atoms with van der Waals surface area (Å²) in [6, 6.07) is 3.79. The van der Waals surface area contributed by atoms with Crippen molar-refractivity contribution in [3.8, 4) is 0 Å². The zero-order chi connectivity index (χ0) is 19.6. The Morgan fingerprint density at radius 3 is 2.07 bits per heavy atom. The van der Waals surface area contributed by atoms with Gasteiger partial charge in [0.25, 0.3) is 0 Å². The number of hydrogen-bond acceptors (Lipinski definition) is 5. The van der Waals surface area contributed by atoms with Crippen LogP contribution in [0.1, 0.15) is 5.56 Å².